The van der Waals surface area contributed by atoms with Crippen molar-refractivity contribution in [3.05, 3.63) is 148 Å². The monoisotopic (exact) mass is 1290 g/mol. The van der Waals surface area contributed by atoms with Crippen LogP contribution >= 0.6 is 7.37 Å². The fraction of sp³-hybridized carbons (Fsp3) is 0.431. The number of unbranched alkanes of at least 4 members (excludes halogenated alkanes) is 2. The van der Waals surface area contributed by atoms with Gasteiger partial charge in [0.05, 0.1) is 68.6 Å². The second-order valence-electron chi connectivity index (χ2n) is 22.1. The van der Waals surface area contributed by atoms with Crippen LogP contribution in [0.15, 0.2) is 124 Å². The molecule has 23 nitrogen and oxygen atoms in total. The standard InChI is InChI=1S/C65H79F3N11O12P/c1-6-77(7-2)48-21-24-53-57(36-48)91-58-37-49(78(8-3)9-4)22-25-54(58)60(53)51-18-11-12-19-52(51)61(82)72-38-47-40-79(76-73-47)41-59(81)69-27-28-88-29-30-89-31-32-90-56-35-46(64(74-75-64)65(66,67)68)20-23-55(56)62(83)70-26-13-10-14-33-92(86,87)42-50(80)39-71-43(5)44-16-15-17-45(34-44)63(84)85/h11-12,15-25,34-37,40,43,50,71,80H,6-10,13-14,26-33,38-39,41-42H2,1-5H3,(H4-,69,70,72,81,82,83,84,85,86,87)/p+1/t43-,50+/m1/s1. The zero-order valence-electron chi connectivity index (χ0n) is 52.2. The third-order valence-corrected chi connectivity index (χ3v) is 17.7. The van der Waals surface area contributed by atoms with Gasteiger partial charge in [-0.25, -0.2) is 14.1 Å². The fourth-order valence-corrected chi connectivity index (χ4v) is 12.4. The number of fused-ring (bicyclic) bond motifs is 2. The molecular weight excluding hydrogens is 1210 g/mol. The van der Waals surface area contributed by atoms with Gasteiger partial charge in [0.2, 0.25) is 18.6 Å². The molecule has 7 N–H and O–H groups in total. The lowest BCUT2D eigenvalue weighted by atomic mass is 9.90. The smallest absolute Gasteiger partial charge is 0.442 e. The number of ether oxygens (including phenoxy) is 3. The maximum Gasteiger partial charge on any atom is 0.442 e. The third kappa shape index (κ3) is 18.2. The zero-order chi connectivity index (χ0) is 66.0. The van der Waals surface area contributed by atoms with Crippen molar-refractivity contribution >= 4 is 47.7 Å². The summed E-state index contributed by atoms with van der Waals surface area (Å²) in [5.74, 6) is -1.84. The second kappa shape index (κ2) is 32.3. The summed E-state index contributed by atoms with van der Waals surface area (Å²) in [4.78, 5) is 64.4. The van der Waals surface area contributed by atoms with E-state index >= 15 is 0 Å². The Labute approximate surface area is 530 Å². The number of aliphatic hydroxyl groups is 1. The average molecular weight is 1300 g/mol. The van der Waals surface area contributed by atoms with Crippen molar-refractivity contribution in [1.29, 1.82) is 0 Å². The third-order valence-electron chi connectivity index (χ3n) is 15.7. The first-order valence-corrected chi connectivity index (χ1v) is 32.8. The number of carbonyl (C=O) groups is 4. The number of aliphatic hydroxyl groups excluding tert-OH is 1. The number of halogens is 3. The van der Waals surface area contributed by atoms with Crippen LogP contribution in [0.5, 0.6) is 5.75 Å². The molecule has 3 atom stereocenters. The molecule has 27 heteroatoms. The summed E-state index contributed by atoms with van der Waals surface area (Å²) in [6.07, 6.45) is -3.64. The van der Waals surface area contributed by atoms with E-state index in [1.807, 2.05) is 18.2 Å². The molecule has 492 valence electrons. The fourth-order valence-electron chi connectivity index (χ4n) is 10.7. The van der Waals surface area contributed by atoms with Crippen molar-refractivity contribution in [2.75, 3.05) is 96.1 Å². The molecule has 3 heterocycles. The lowest BCUT2D eigenvalue weighted by Crippen LogP contribution is -2.31. The van der Waals surface area contributed by atoms with Crippen molar-refractivity contribution in [3.63, 3.8) is 0 Å². The predicted molar refractivity (Wildman–Crippen MR) is 340 cm³/mol. The Hall–Kier alpha value is -8.39. The van der Waals surface area contributed by atoms with Gasteiger partial charge in [0.25, 0.3) is 11.8 Å². The van der Waals surface area contributed by atoms with Crippen LogP contribution in [0.2, 0.25) is 0 Å². The Bertz CT molecular complexity index is 3810. The molecule has 4 aromatic carbocycles. The molecule has 0 bridgehead atoms. The summed E-state index contributed by atoms with van der Waals surface area (Å²) in [5.41, 5.74) is 2.76. The number of aromatic nitrogens is 3. The number of nitrogens with zero attached hydrogens (tertiary/aromatic N) is 7. The van der Waals surface area contributed by atoms with Crippen LogP contribution in [0, 0.1) is 0 Å². The first-order valence-electron chi connectivity index (χ1n) is 30.8. The number of carboxylic acids is 1. The molecule has 1 aliphatic carbocycles. The number of carboxylic acid groups (broad SMARTS) is 1. The van der Waals surface area contributed by atoms with Gasteiger partial charge in [-0.3, -0.25) is 18.9 Å². The number of hydrogen-bond acceptors (Lipinski definition) is 16. The number of carbonyl (C=O) groups excluding carboxylic acids is 3. The van der Waals surface area contributed by atoms with E-state index in [0.717, 1.165) is 71.4 Å². The van der Waals surface area contributed by atoms with Crippen molar-refractivity contribution in [1.82, 2.24) is 40.8 Å². The van der Waals surface area contributed by atoms with Crippen LogP contribution in [0.3, 0.4) is 0 Å². The van der Waals surface area contributed by atoms with E-state index in [1.54, 1.807) is 31.3 Å². The van der Waals surface area contributed by atoms with Crippen LogP contribution in [0.4, 0.5) is 18.9 Å². The van der Waals surface area contributed by atoms with Gasteiger partial charge in [0.1, 0.15) is 49.0 Å². The molecule has 0 spiro atoms. The van der Waals surface area contributed by atoms with Crippen molar-refractivity contribution < 1.29 is 70.6 Å². The van der Waals surface area contributed by atoms with Gasteiger partial charge >= 0.3 is 17.8 Å². The molecule has 0 saturated heterocycles. The molecule has 8 rings (SSSR count). The molecule has 0 fully saturated rings. The number of alkyl halides is 3. The highest BCUT2D eigenvalue weighted by Gasteiger charge is 2.65. The van der Waals surface area contributed by atoms with Gasteiger partial charge in [0, 0.05) is 90.4 Å². The minimum Gasteiger partial charge on any atom is -0.490 e. The molecule has 3 aliphatic rings. The quantitative estimate of drug-likeness (QED) is 0.00840. The van der Waals surface area contributed by atoms with E-state index in [9.17, 15) is 52.0 Å². The number of aromatic carboxylic acids is 1. The molecule has 1 aromatic heterocycles. The first kappa shape index (κ1) is 69.5. The summed E-state index contributed by atoms with van der Waals surface area (Å²) >= 11 is 0. The highest BCUT2D eigenvalue weighted by Crippen LogP contribution is 2.53. The molecule has 0 saturated carbocycles. The minimum atomic E-state index is -4.83. The van der Waals surface area contributed by atoms with Crippen LogP contribution in [0.1, 0.15) is 108 Å². The molecule has 92 heavy (non-hydrogen) atoms. The molecule has 2 aliphatic heterocycles. The molecular formula is C65H80F3N11O12P+. The second-order valence-corrected chi connectivity index (χ2v) is 24.6. The van der Waals surface area contributed by atoms with Crippen LogP contribution in [-0.2, 0) is 37.6 Å². The largest absolute Gasteiger partial charge is 0.490 e. The normalized spacial score (nSPS) is 13.9. The Morgan fingerprint density at radius 3 is 2.26 bits per heavy atom. The predicted octanol–water partition coefficient (Wildman–Crippen LogP) is 8.37. The number of benzene rings is 5. The van der Waals surface area contributed by atoms with E-state index in [0.29, 0.717) is 47.4 Å². The van der Waals surface area contributed by atoms with E-state index in [2.05, 4.69) is 115 Å². The van der Waals surface area contributed by atoms with E-state index in [4.69, 9.17) is 18.6 Å². The summed E-state index contributed by atoms with van der Waals surface area (Å²) in [6, 6.07) is 29.2. The molecule has 5 aromatic rings. The average Bonchev–Trinajstić information content (AvgIpc) is 0.891. The number of anilines is 1. The topological polar surface area (TPSA) is 297 Å². The van der Waals surface area contributed by atoms with E-state index in [1.165, 1.54) is 22.9 Å². The number of hydrogen-bond donors (Lipinski definition) is 7. The lowest BCUT2D eigenvalue weighted by molar-refractivity contribution is -0.166. The Kier molecular flexibility index (Phi) is 24.4. The van der Waals surface area contributed by atoms with Gasteiger partial charge in [0.15, 0.2) is 0 Å². The maximum atomic E-state index is 14.1. The Morgan fingerprint density at radius 1 is 0.793 bits per heavy atom. The number of amides is 3. The summed E-state index contributed by atoms with van der Waals surface area (Å²) in [7, 11) is -3.73. The van der Waals surface area contributed by atoms with E-state index < -0.39 is 37.2 Å². The zero-order valence-corrected chi connectivity index (χ0v) is 53.1. The minimum absolute atomic E-state index is 0.000444. The van der Waals surface area contributed by atoms with Crippen molar-refractivity contribution in [2.45, 2.75) is 91.0 Å². The van der Waals surface area contributed by atoms with Gasteiger partial charge in [-0.15, -0.1) is 15.3 Å². The number of nitrogens with one attached hydrogen (secondary N) is 4. The van der Waals surface area contributed by atoms with Crippen molar-refractivity contribution in [3.8, 4) is 28.2 Å². The summed E-state index contributed by atoms with van der Waals surface area (Å²) in [6.45, 7) is 14.0. The number of rotatable bonds is 36. The van der Waals surface area contributed by atoms with Crippen molar-refractivity contribution in [2.24, 2.45) is 10.2 Å². The summed E-state index contributed by atoms with van der Waals surface area (Å²) < 4.78 is 82.0. The van der Waals surface area contributed by atoms with Gasteiger partial charge < -0.3 is 59.9 Å². The summed E-state index contributed by atoms with van der Waals surface area (Å²) in [5, 5.41) is 48.0. The van der Waals surface area contributed by atoms with Crippen LogP contribution in [-0.4, -0.2) is 157 Å². The van der Waals surface area contributed by atoms with Crippen LogP contribution in [0.25, 0.3) is 33.4 Å². The molecule has 1 unspecified atom stereocenters. The lowest BCUT2D eigenvalue weighted by Gasteiger charge is -2.22. The SMILES string of the molecule is CCN(CC)c1ccc2c(-c3ccccc3C(=O)NCc3cn(CC(=O)NCCOCCOCCOc4cc(C5(C(F)(F)F)N=N5)ccc4C(=O)NCCCCCP(=O)(O)C[C@@H](O)CN[C@H](C)c4cccc(C(=O)O)c4)nn3)c3ccc(=[N+](CC)CC)cc-3oc2c1. The first-order chi connectivity index (χ1) is 44.2. The van der Waals surface area contributed by atoms with Gasteiger partial charge in [-0.1, -0.05) is 48.0 Å². The maximum absolute atomic E-state index is 14.1. The van der Waals surface area contributed by atoms with Gasteiger partial charge in [-0.2, -0.15) is 13.2 Å². The Balaban J connectivity index is 0.741. The molecule has 0 radical (unpaired) electrons. The van der Waals surface area contributed by atoms with Crippen LogP contribution < -0.4 is 40.8 Å². The highest BCUT2D eigenvalue weighted by molar-refractivity contribution is 7.58. The van der Waals surface area contributed by atoms with Gasteiger partial charge in [-0.05, 0) is 107 Å². The Morgan fingerprint density at radius 2 is 1.53 bits per heavy atom. The van der Waals surface area contributed by atoms with E-state index in [-0.39, 0.29) is 118 Å². The highest BCUT2D eigenvalue weighted by atomic mass is 31.2. The molecule has 3 amide bonds.